The van der Waals surface area contributed by atoms with Crippen molar-refractivity contribution in [3.8, 4) is 0 Å². The molecule has 0 heterocycles. The van der Waals surface area contributed by atoms with Crippen LogP contribution >= 0.6 is 0 Å². The first-order valence-corrected chi connectivity index (χ1v) is 2.64. The van der Waals surface area contributed by atoms with Gasteiger partial charge in [0.2, 0.25) is 0 Å². The fourth-order valence-electron chi connectivity index (χ4n) is 0.420. The summed E-state index contributed by atoms with van der Waals surface area (Å²) in [5, 5.41) is 6.82. The minimum absolute atomic E-state index is 0.951. The summed E-state index contributed by atoms with van der Waals surface area (Å²) in [7, 11) is 0. The monoisotopic (exact) mass is 109 g/mol. The van der Waals surface area contributed by atoms with E-state index in [0.29, 0.717) is 0 Å². The first kappa shape index (κ1) is 7.15. The maximum absolute atomic E-state index is 6.82. The molecule has 0 saturated heterocycles. The van der Waals surface area contributed by atoms with Crippen molar-refractivity contribution >= 4 is 6.21 Å². The van der Waals surface area contributed by atoms with Gasteiger partial charge >= 0.3 is 0 Å². The Morgan fingerprint density at radius 1 is 1.38 bits per heavy atom. The van der Waals surface area contributed by atoms with Gasteiger partial charge in [-0.05, 0) is 19.4 Å². The molecule has 1 heteroatoms. The van der Waals surface area contributed by atoms with Crippen molar-refractivity contribution in [1.29, 1.82) is 5.41 Å². The van der Waals surface area contributed by atoms with Crippen molar-refractivity contribution in [2.45, 2.75) is 13.8 Å². The van der Waals surface area contributed by atoms with Gasteiger partial charge in [-0.3, -0.25) is 0 Å². The zero-order valence-corrected chi connectivity index (χ0v) is 5.31. The van der Waals surface area contributed by atoms with E-state index in [0.717, 1.165) is 5.57 Å². The molecular weight excluding hydrogens is 98.1 g/mol. The number of hydrogen-bond donors (Lipinski definition) is 1. The number of allylic oxidation sites excluding steroid dienone is 4. The lowest BCUT2D eigenvalue weighted by Crippen LogP contribution is -1.73. The minimum Gasteiger partial charge on any atom is -0.308 e. The van der Waals surface area contributed by atoms with Crippen molar-refractivity contribution in [3.63, 3.8) is 0 Å². The van der Waals surface area contributed by atoms with Gasteiger partial charge in [0.25, 0.3) is 0 Å². The molecule has 44 valence electrons. The summed E-state index contributed by atoms with van der Waals surface area (Å²) in [5.74, 6) is 0. The van der Waals surface area contributed by atoms with Gasteiger partial charge < -0.3 is 5.41 Å². The van der Waals surface area contributed by atoms with Crippen LogP contribution in [0.2, 0.25) is 0 Å². The molecule has 0 unspecified atom stereocenters. The van der Waals surface area contributed by atoms with Crippen LogP contribution in [0.4, 0.5) is 0 Å². The maximum atomic E-state index is 6.82. The van der Waals surface area contributed by atoms with Gasteiger partial charge in [0.15, 0.2) is 0 Å². The Morgan fingerprint density at radius 3 is 2.12 bits per heavy atom. The predicted octanol–water partition coefficient (Wildman–Crippen LogP) is 2.16. The molecule has 0 aromatic heterocycles. The van der Waals surface area contributed by atoms with Crippen LogP contribution in [0.3, 0.4) is 0 Å². The first-order valence-electron chi connectivity index (χ1n) is 2.64. The highest BCUT2D eigenvalue weighted by Crippen LogP contribution is 1.89. The van der Waals surface area contributed by atoms with Crippen molar-refractivity contribution in [3.05, 3.63) is 23.8 Å². The van der Waals surface area contributed by atoms with Gasteiger partial charge in [-0.1, -0.05) is 18.2 Å². The molecule has 0 spiro atoms. The minimum atomic E-state index is 0.951. The van der Waals surface area contributed by atoms with E-state index < -0.39 is 0 Å². The van der Waals surface area contributed by atoms with E-state index >= 15 is 0 Å². The van der Waals surface area contributed by atoms with Gasteiger partial charge in [0.05, 0.1) is 0 Å². The molecule has 1 nitrogen and oxygen atoms in total. The molecule has 0 rings (SSSR count). The van der Waals surface area contributed by atoms with E-state index in [4.69, 9.17) is 5.41 Å². The van der Waals surface area contributed by atoms with E-state index in [1.54, 1.807) is 0 Å². The Kier molecular flexibility index (Phi) is 3.85. The van der Waals surface area contributed by atoms with Crippen LogP contribution in [0.25, 0.3) is 0 Å². The van der Waals surface area contributed by atoms with Crippen molar-refractivity contribution in [1.82, 2.24) is 0 Å². The quantitative estimate of drug-likeness (QED) is 0.415. The van der Waals surface area contributed by atoms with Crippen LogP contribution in [0, 0.1) is 5.41 Å². The number of nitrogens with one attached hydrogen (secondary N) is 1. The van der Waals surface area contributed by atoms with E-state index in [1.165, 1.54) is 6.21 Å². The Balaban J connectivity index is 3.91. The lowest BCUT2D eigenvalue weighted by Gasteiger charge is -1.83. The zero-order valence-electron chi connectivity index (χ0n) is 5.31. The molecule has 1 N–H and O–H groups in total. The highest BCUT2D eigenvalue weighted by Gasteiger charge is 1.76. The summed E-state index contributed by atoms with van der Waals surface area (Å²) in [4.78, 5) is 0. The fraction of sp³-hybridized carbons (Fsp3) is 0.286. The van der Waals surface area contributed by atoms with Gasteiger partial charge in [-0.15, -0.1) is 0 Å². The third kappa shape index (κ3) is 2.35. The summed E-state index contributed by atoms with van der Waals surface area (Å²) < 4.78 is 0. The third-order valence-corrected chi connectivity index (χ3v) is 0.859. The molecule has 0 aromatic carbocycles. The zero-order chi connectivity index (χ0) is 6.41. The molecule has 0 fully saturated rings. The van der Waals surface area contributed by atoms with E-state index in [9.17, 15) is 0 Å². The number of rotatable bonds is 2. The average Bonchev–Trinajstić information content (AvgIpc) is 1.83. The van der Waals surface area contributed by atoms with Crippen LogP contribution in [0.5, 0.6) is 0 Å². The summed E-state index contributed by atoms with van der Waals surface area (Å²) in [6.45, 7) is 3.85. The van der Waals surface area contributed by atoms with Gasteiger partial charge in [0, 0.05) is 6.21 Å². The third-order valence-electron chi connectivity index (χ3n) is 0.859. The lowest BCUT2D eigenvalue weighted by molar-refractivity contribution is 1.53. The molecule has 0 saturated carbocycles. The molecule has 0 bridgehead atoms. The second-order valence-corrected chi connectivity index (χ2v) is 1.43. The molecular formula is C7H11N. The Hall–Kier alpha value is -0.850. The van der Waals surface area contributed by atoms with Gasteiger partial charge in [0.1, 0.15) is 0 Å². The van der Waals surface area contributed by atoms with Crippen molar-refractivity contribution < 1.29 is 0 Å². The Morgan fingerprint density at radius 2 is 2.00 bits per heavy atom. The highest BCUT2D eigenvalue weighted by molar-refractivity contribution is 5.79. The summed E-state index contributed by atoms with van der Waals surface area (Å²) in [6, 6.07) is 0. The molecule has 0 amide bonds. The molecule has 0 radical (unpaired) electrons. The first-order chi connectivity index (χ1) is 3.85. The molecule has 0 aromatic rings. The topological polar surface area (TPSA) is 23.9 Å². The second kappa shape index (κ2) is 4.31. The summed E-state index contributed by atoms with van der Waals surface area (Å²) in [5.41, 5.74) is 0.951. The standard InChI is InChI=1S/C7H11N/c1-3-5-7(4-2)6-8/h3-6,8H,1-2H3/b5-3-,7-4+,8-6?. The average molecular weight is 109 g/mol. The van der Waals surface area contributed by atoms with Crippen LogP contribution in [-0.2, 0) is 0 Å². The largest absolute Gasteiger partial charge is 0.308 e. The van der Waals surface area contributed by atoms with Gasteiger partial charge in [-0.25, -0.2) is 0 Å². The maximum Gasteiger partial charge on any atom is 0.0246 e. The van der Waals surface area contributed by atoms with Crippen LogP contribution in [0.1, 0.15) is 13.8 Å². The highest BCUT2D eigenvalue weighted by atomic mass is 14.3. The second-order valence-electron chi connectivity index (χ2n) is 1.43. The van der Waals surface area contributed by atoms with E-state index in [-0.39, 0.29) is 0 Å². The molecule has 8 heavy (non-hydrogen) atoms. The summed E-state index contributed by atoms with van der Waals surface area (Å²) >= 11 is 0. The lowest BCUT2D eigenvalue weighted by atomic mass is 10.2. The van der Waals surface area contributed by atoms with Crippen LogP contribution in [-0.4, -0.2) is 6.21 Å². The predicted molar refractivity (Wildman–Crippen MR) is 37.4 cm³/mol. The van der Waals surface area contributed by atoms with Crippen LogP contribution < -0.4 is 0 Å². The smallest absolute Gasteiger partial charge is 0.0246 e. The van der Waals surface area contributed by atoms with Crippen molar-refractivity contribution in [2.24, 2.45) is 0 Å². The summed E-state index contributed by atoms with van der Waals surface area (Å²) in [6.07, 6.45) is 7.04. The molecule has 0 atom stereocenters. The SMILES string of the molecule is C/C=C\C(C=N)=C/C. The normalized spacial score (nSPS) is 12.5. The molecule has 0 aliphatic rings. The molecule has 0 aliphatic heterocycles. The fourth-order valence-corrected chi connectivity index (χ4v) is 0.420. The van der Waals surface area contributed by atoms with Crippen LogP contribution in [0.15, 0.2) is 23.8 Å². The Bertz CT molecular complexity index is 120. The molecule has 0 aliphatic carbocycles. The van der Waals surface area contributed by atoms with Crippen molar-refractivity contribution in [2.75, 3.05) is 0 Å². The van der Waals surface area contributed by atoms with Gasteiger partial charge in [-0.2, -0.15) is 0 Å². The van der Waals surface area contributed by atoms with E-state index in [1.807, 2.05) is 32.1 Å². The number of hydrogen-bond acceptors (Lipinski definition) is 1. The van der Waals surface area contributed by atoms with E-state index in [2.05, 4.69) is 0 Å². The Labute approximate surface area is 50.2 Å².